The Bertz CT molecular complexity index is 941. The highest BCUT2D eigenvalue weighted by Crippen LogP contribution is 2.28. The molecule has 1 aliphatic heterocycles. The average Bonchev–Trinajstić information content (AvgIpc) is 3.33. The number of hydrogen-bond acceptors (Lipinski definition) is 5. The average molecular weight is 448 g/mol. The Kier molecular flexibility index (Phi) is 6.55. The number of nitrogens with zero attached hydrogens (tertiary/aromatic N) is 2. The topological polar surface area (TPSA) is 86.4 Å². The van der Waals surface area contributed by atoms with E-state index >= 15 is 0 Å². The molecule has 2 heterocycles. The van der Waals surface area contributed by atoms with Crippen LogP contribution in [0.4, 0.5) is 15.6 Å². The number of anilines is 2. The zero-order valence-corrected chi connectivity index (χ0v) is 18.5. The van der Waals surface area contributed by atoms with E-state index in [2.05, 4.69) is 25.8 Å². The number of carbonyl (C=O) groups is 2. The molecule has 2 aliphatic rings. The fourth-order valence-corrected chi connectivity index (χ4v) is 5.13. The summed E-state index contributed by atoms with van der Waals surface area (Å²) in [5.74, 6) is -0.0721. The van der Waals surface area contributed by atoms with E-state index in [0.29, 0.717) is 28.9 Å². The number of urea groups is 1. The Hall–Kier alpha value is -2.16. The third-order valence-electron chi connectivity index (χ3n) is 5.54. The summed E-state index contributed by atoms with van der Waals surface area (Å²) in [7, 11) is 0. The molecule has 1 saturated carbocycles. The molecule has 1 aliphatic carbocycles. The number of hydrogen-bond donors (Lipinski definition) is 3. The van der Waals surface area contributed by atoms with Gasteiger partial charge in [0.15, 0.2) is 5.13 Å². The lowest BCUT2D eigenvalue weighted by molar-refractivity contribution is -0.117. The molecule has 30 heavy (non-hydrogen) atoms. The van der Waals surface area contributed by atoms with Gasteiger partial charge in [-0.25, -0.2) is 9.78 Å². The summed E-state index contributed by atoms with van der Waals surface area (Å²) in [6, 6.07) is 5.60. The molecule has 1 aromatic carbocycles. The van der Waals surface area contributed by atoms with Crippen LogP contribution >= 0.6 is 22.9 Å². The van der Waals surface area contributed by atoms with Crippen molar-refractivity contribution in [3.63, 3.8) is 0 Å². The molecule has 3 N–H and O–H groups in total. The minimum Gasteiger partial charge on any atom is -0.335 e. The van der Waals surface area contributed by atoms with Gasteiger partial charge in [-0.2, -0.15) is 0 Å². The highest BCUT2D eigenvalue weighted by atomic mass is 35.5. The molecule has 1 fully saturated rings. The van der Waals surface area contributed by atoms with E-state index in [9.17, 15) is 9.59 Å². The normalized spacial score (nSPS) is 16.9. The minimum absolute atomic E-state index is 0.0721. The Labute approximate surface area is 185 Å². The van der Waals surface area contributed by atoms with Crippen molar-refractivity contribution in [2.45, 2.75) is 51.6 Å². The second-order valence-corrected chi connectivity index (χ2v) is 9.43. The summed E-state index contributed by atoms with van der Waals surface area (Å²) in [6.45, 7) is 3.64. The summed E-state index contributed by atoms with van der Waals surface area (Å²) in [5, 5.41) is 10.1. The first-order chi connectivity index (χ1) is 14.5. The van der Waals surface area contributed by atoms with Crippen molar-refractivity contribution in [3.05, 3.63) is 39.4 Å². The summed E-state index contributed by atoms with van der Waals surface area (Å²) in [4.78, 5) is 32.4. The van der Waals surface area contributed by atoms with Crippen molar-refractivity contribution >= 4 is 45.7 Å². The zero-order valence-electron chi connectivity index (χ0n) is 17.0. The van der Waals surface area contributed by atoms with E-state index < -0.39 is 0 Å². The molecule has 7 nitrogen and oxygen atoms in total. The molecule has 0 unspecified atom stereocenters. The van der Waals surface area contributed by atoms with Gasteiger partial charge >= 0.3 is 6.03 Å². The SMILES string of the molecule is Cc1ccc(NC(=O)CN2CCc3nc(NC(=O)NC4CCCC4)sc3C2)cc1Cl. The van der Waals surface area contributed by atoms with Gasteiger partial charge in [0, 0.05) is 41.1 Å². The predicted molar refractivity (Wildman–Crippen MR) is 120 cm³/mol. The molecule has 9 heteroatoms. The van der Waals surface area contributed by atoms with Crippen molar-refractivity contribution in [1.82, 2.24) is 15.2 Å². The van der Waals surface area contributed by atoms with E-state index in [0.717, 1.165) is 41.9 Å². The van der Waals surface area contributed by atoms with Crippen LogP contribution in [-0.2, 0) is 17.8 Å². The molecule has 1 aromatic heterocycles. The molecule has 160 valence electrons. The Morgan fingerprint density at radius 3 is 2.83 bits per heavy atom. The number of thiazole rings is 1. The standard InChI is InChI=1S/C21H26ClN5O2S/c1-13-6-7-15(10-16(13)22)23-19(28)12-27-9-8-17-18(11-27)30-21(25-17)26-20(29)24-14-4-2-3-5-14/h6-7,10,14H,2-5,8-9,11-12H2,1H3,(H,23,28)(H2,24,25,26,29). The van der Waals surface area contributed by atoms with Gasteiger partial charge in [-0.05, 0) is 37.5 Å². The predicted octanol–water partition coefficient (Wildman–Crippen LogP) is 4.17. The highest BCUT2D eigenvalue weighted by Gasteiger charge is 2.24. The fraction of sp³-hybridized carbons (Fsp3) is 0.476. The third kappa shape index (κ3) is 5.30. The van der Waals surface area contributed by atoms with Crippen molar-refractivity contribution in [2.75, 3.05) is 23.7 Å². The quantitative estimate of drug-likeness (QED) is 0.642. The first kappa shape index (κ1) is 21.1. The molecular formula is C21H26ClN5O2S. The Balaban J connectivity index is 1.29. The monoisotopic (exact) mass is 447 g/mol. The lowest BCUT2D eigenvalue weighted by atomic mass is 10.2. The van der Waals surface area contributed by atoms with Crippen LogP contribution in [0.25, 0.3) is 0 Å². The molecule has 0 radical (unpaired) electrons. The van der Waals surface area contributed by atoms with Gasteiger partial charge in [0.05, 0.1) is 12.2 Å². The number of amides is 3. The minimum atomic E-state index is -0.180. The van der Waals surface area contributed by atoms with E-state index in [1.807, 2.05) is 19.1 Å². The van der Waals surface area contributed by atoms with E-state index in [4.69, 9.17) is 11.6 Å². The summed E-state index contributed by atoms with van der Waals surface area (Å²) < 4.78 is 0. The van der Waals surface area contributed by atoms with Crippen LogP contribution in [0.1, 0.15) is 41.8 Å². The van der Waals surface area contributed by atoms with Gasteiger partial charge in [-0.3, -0.25) is 15.0 Å². The van der Waals surface area contributed by atoms with E-state index in [-0.39, 0.29) is 18.0 Å². The molecule has 0 bridgehead atoms. The van der Waals surface area contributed by atoms with Gasteiger partial charge < -0.3 is 10.6 Å². The molecule has 2 aromatic rings. The van der Waals surface area contributed by atoms with Crippen LogP contribution in [0, 0.1) is 6.92 Å². The summed E-state index contributed by atoms with van der Waals surface area (Å²) in [5.41, 5.74) is 2.69. The lowest BCUT2D eigenvalue weighted by Gasteiger charge is -2.25. The number of carbonyl (C=O) groups excluding carboxylic acids is 2. The molecular weight excluding hydrogens is 422 g/mol. The van der Waals surface area contributed by atoms with Gasteiger partial charge in [0.1, 0.15) is 0 Å². The maximum atomic E-state index is 12.4. The van der Waals surface area contributed by atoms with E-state index in [1.54, 1.807) is 6.07 Å². The maximum absolute atomic E-state index is 12.4. The van der Waals surface area contributed by atoms with Crippen LogP contribution < -0.4 is 16.0 Å². The van der Waals surface area contributed by atoms with Crippen LogP contribution in [0.15, 0.2) is 18.2 Å². The lowest BCUT2D eigenvalue weighted by Crippen LogP contribution is -2.36. The largest absolute Gasteiger partial charge is 0.335 e. The summed E-state index contributed by atoms with van der Waals surface area (Å²) >= 11 is 7.62. The smallest absolute Gasteiger partial charge is 0.321 e. The number of rotatable bonds is 5. The van der Waals surface area contributed by atoms with Crippen LogP contribution in [0.3, 0.4) is 0 Å². The fourth-order valence-electron chi connectivity index (χ4n) is 3.90. The molecule has 0 spiro atoms. The maximum Gasteiger partial charge on any atom is 0.321 e. The number of nitrogens with one attached hydrogen (secondary N) is 3. The van der Waals surface area contributed by atoms with Crippen LogP contribution in [-0.4, -0.2) is 41.0 Å². The second-order valence-electron chi connectivity index (χ2n) is 7.94. The number of aromatic nitrogens is 1. The number of fused-ring (bicyclic) bond motifs is 1. The van der Waals surface area contributed by atoms with Crippen LogP contribution in [0.5, 0.6) is 0 Å². The highest BCUT2D eigenvalue weighted by molar-refractivity contribution is 7.15. The Morgan fingerprint density at radius 1 is 1.27 bits per heavy atom. The third-order valence-corrected chi connectivity index (χ3v) is 6.95. The van der Waals surface area contributed by atoms with Gasteiger partial charge in [0.25, 0.3) is 0 Å². The van der Waals surface area contributed by atoms with Gasteiger partial charge in [-0.15, -0.1) is 11.3 Å². The van der Waals surface area contributed by atoms with E-state index in [1.165, 1.54) is 24.2 Å². The second kappa shape index (κ2) is 9.32. The zero-order chi connectivity index (χ0) is 21.1. The van der Waals surface area contributed by atoms with Gasteiger partial charge in [-0.1, -0.05) is 30.5 Å². The molecule has 3 amide bonds. The number of halogens is 1. The number of aryl methyl sites for hydroxylation is 1. The van der Waals surface area contributed by atoms with Crippen molar-refractivity contribution in [2.24, 2.45) is 0 Å². The Morgan fingerprint density at radius 2 is 2.07 bits per heavy atom. The first-order valence-corrected chi connectivity index (χ1v) is 11.5. The molecule has 4 rings (SSSR count). The van der Waals surface area contributed by atoms with Gasteiger partial charge in [0.2, 0.25) is 5.91 Å². The summed E-state index contributed by atoms with van der Waals surface area (Å²) in [6.07, 6.45) is 5.22. The first-order valence-electron chi connectivity index (χ1n) is 10.3. The van der Waals surface area contributed by atoms with Crippen molar-refractivity contribution in [3.8, 4) is 0 Å². The molecule has 0 atom stereocenters. The molecule has 0 saturated heterocycles. The van der Waals surface area contributed by atoms with Crippen LogP contribution in [0.2, 0.25) is 5.02 Å². The van der Waals surface area contributed by atoms with Crippen molar-refractivity contribution < 1.29 is 9.59 Å². The van der Waals surface area contributed by atoms with Crippen molar-refractivity contribution in [1.29, 1.82) is 0 Å². The number of benzene rings is 1.